The molecule has 0 radical (unpaired) electrons. The highest BCUT2D eigenvalue weighted by Gasteiger charge is 2.15. The van der Waals surface area contributed by atoms with Gasteiger partial charge in [-0.15, -0.1) is 0 Å². The maximum absolute atomic E-state index is 11.5. The average molecular weight is 320 g/mol. The molecule has 0 fully saturated rings. The van der Waals surface area contributed by atoms with Crippen molar-refractivity contribution in [2.24, 2.45) is 0 Å². The van der Waals surface area contributed by atoms with Gasteiger partial charge in [0.1, 0.15) is 5.60 Å². The van der Waals surface area contributed by atoms with Gasteiger partial charge in [0.25, 0.3) is 0 Å². The zero-order valence-electron chi connectivity index (χ0n) is 11.6. The quantitative estimate of drug-likeness (QED) is 0.866. The Morgan fingerprint density at radius 3 is 2.45 bits per heavy atom. The number of hydrogen-bond acceptors (Lipinski definition) is 4. The van der Waals surface area contributed by atoms with Gasteiger partial charge in [0.15, 0.2) is 0 Å². The number of hydrogen-bond donors (Lipinski definition) is 1. The number of amides is 1. The van der Waals surface area contributed by atoms with Gasteiger partial charge >= 0.3 is 6.09 Å². The maximum Gasteiger partial charge on any atom is 0.407 e. The summed E-state index contributed by atoms with van der Waals surface area (Å²) in [6.45, 7) is 5.58. The van der Waals surface area contributed by atoms with E-state index in [1.165, 1.54) is 0 Å². The van der Waals surface area contributed by atoms with Crippen molar-refractivity contribution in [1.29, 1.82) is 0 Å². The van der Waals surface area contributed by atoms with E-state index in [1.807, 2.05) is 0 Å². The Kier molecular flexibility index (Phi) is 5.42. The van der Waals surface area contributed by atoms with Crippen LogP contribution in [-0.2, 0) is 26.1 Å². The third-order valence-corrected chi connectivity index (χ3v) is 3.17. The van der Waals surface area contributed by atoms with Crippen molar-refractivity contribution >= 4 is 25.8 Å². The molecule has 112 valence electrons. The van der Waals surface area contributed by atoms with Crippen molar-refractivity contribution in [1.82, 2.24) is 5.32 Å². The molecule has 1 amide bonds. The van der Waals surface area contributed by atoms with Crippen molar-refractivity contribution < 1.29 is 17.9 Å². The zero-order valence-corrected chi connectivity index (χ0v) is 13.2. The Balaban J connectivity index is 2.61. The van der Waals surface area contributed by atoms with Gasteiger partial charge in [-0.1, -0.05) is 24.3 Å². The highest BCUT2D eigenvalue weighted by molar-refractivity contribution is 8.13. The number of nitrogens with one attached hydrogen (secondary N) is 1. The monoisotopic (exact) mass is 319 g/mol. The second kappa shape index (κ2) is 6.45. The number of carbonyl (C=O) groups excluding carboxylic acids is 1. The lowest BCUT2D eigenvalue weighted by molar-refractivity contribution is 0.0523. The molecule has 1 N–H and O–H groups in total. The van der Waals surface area contributed by atoms with Gasteiger partial charge in [-0.05, 0) is 31.9 Å². The molecule has 0 spiro atoms. The highest BCUT2D eigenvalue weighted by Crippen LogP contribution is 2.12. The molecule has 1 rings (SSSR count). The molecule has 1 aromatic carbocycles. The molecule has 0 aliphatic heterocycles. The van der Waals surface area contributed by atoms with E-state index in [0.717, 1.165) is 5.56 Å². The summed E-state index contributed by atoms with van der Waals surface area (Å²) in [5.74, 6) is -0.241. The maximum atomic E-state index is 11.5. The fourth-order valence-corrected chi connectivity index (χ4v) is 2.47. The van der Waals surface area contributed by atoms with E-state index in [-0.39, 0.29) is 12.3 Å². The van der Waals surface area contributed by atoms with Crippen molar-refractivity contribution in [3.63, 3.8) is 0 Å². The molecule has 0 saturated carbocycles. The lowest BCUT2D eigenvalue weighted by Crippen LogP contribution is -2.32. The van der Waals surface area contributed by atoms with Crippen LogP contribution < -0.4 is 5.32 Å². The second-order valence-corrected chi connectivity index (χ2v) is 8.14. The lowest BCUT2D eigenvalue weighted by atomic mass is 10.1. The molecule has 0 heterocycles. The lowest BCUT2D eigenvalue weighted by Gasteiger charge is -2.19. The zero-order chi connectivity index (χ0) is 15.4. The molecule has 1 aromatic rings. The van der Waals surface area contributed by atoms with Crippen LogP contribution in [0.2, 0.25) is 0 Å². The largest absolute Gasteiger partial charge is 0.444 e. The van der Waals surface area contributed by atoms with Crippen LogP contribution in [0.1, 0.15) is 31.9 Å². The van der Waals surface area contributed by atoms with Gasteiger partial charge in [-0.25, -0.2) is 13.2 Å². The normalized spacial score (nSPS) is 12.0. The molecular weight excluding hydrogens is 302 g/mol. The minimum Gasteiger partial charge on any atom is -0.444 e. The summed E-state index contributed by atoms with van der Waals surface area (Å²) >= 11 is 0. The van der Waals surface area contributed by atoms with Gasteiger partial charge in [0.05, 0.1) is 5.75 Å². The van der Waals surface area contributed by atoms with Crippen LogP contribution in [0.4, 0.5) is 4.79 Å². The summed E-state index contributed by atoms with van der Waals surface area (Å²) in [6.07, 6.45) is -0.520. The average Bonchev–Trinajstić information content (AvgIpc) is 2.22. The molecule has 0 aromatic heterocycles. The van der Waals surface area contributed by atoms with E-state index in [4.69, 9.17) is 15.4 Å². The first-order valence-electron chi connectivity index (χ1n) is 6.02. The Hall–Kier alpha value is -1.27. The number of benzene rings is 1. The Bertz CT molecular complexity index is 578. The van der Waals surface area contributed by atoms with Crippen LogP contribution in [0.25, 0.3) is 0 Å². The van der Waals surface area contributed by atoms with Gasteiger partial charge in [-0.3, -0.25) is 0 Å². The van der Waals surface area contributed by atoms with E-state index in [0.29, 0.717) is 5.56 Å². The molecule has 0 unspecified atom stereocenters. The standard InChI is InChI=1S/C13H18ClNO4S/c1-13(2,3)19-12(16)15-8-10-5-4-6-11(7-10)9-20(14,17)18/h4-7H,8-9H2,1-3H3,(H,15,16). The summed E-state index contributed by atoms with van der Waals surface area (Å²) in [5.41, 5.74) is 0.788. The first-order chi connectivity index (χ1) is 9.05. The second-order valence-electron chi connectivity index (χ2n) is 5.36. The molecule has 0 aliphatic carbocycles. The third-order valence-electron chi connectivity index (χ3n) is 2.17. The molecule has 5 nitrogen and oxygen atoms in total. The predicted molar refractivity (Wildman–Crippen MR) is 78.0 cm³/mol. The van der Waals surface area contributed by atoms with Crippen LogP contribution in [0.5, 0.6) is 0 Å². The number of ether oxygens (including phenoxy) is 1. The summed E-state index contributed by atoms with van der Waals surface area (Å²) in [6, 6.07) is 6.83. The molecule has 0 atom stereocenters. The third kappa shape index (κ3) is 7.35. The molecule has 0 saturated heterocycles. The van der Waals surface area contributed by atoms with Gasteiger partial charge in [0, 0.05) is 17.2 Å². The first kappa shape index (κ1) is 16.8. The van der Waals surface area contributed by atoms with Crippen LogP contribution >= 0.6 is 10.7 Å². The van der Waals surface area contributed by atoms with E-state index in [1.54, 1.807) is 45.0 Å². The smallest absolute Gasteiger partial charge is 0.407 e. The minimum atomic E-state index is -3.59. The van der Waals surface area contributed by atoms with Crippen LogP contribution in [-0.4, -0.2) is 20.1 Å². The summed E-state index contributed by atoms with van der Waals surface area (Å²) in [7, 11) is 1.61. The number of rotatable bonds is 4. The number of carbonyl (C=O) groups is 1. The molecular formula is C13H18ClNO4S. The van der Waals surface area contributed by atoms with Gasteiger partial charge in [-0.2, -0.15) is 0 Å². The molecule has 0 bridgehead atoms. The Morgan fingerprint density at radius 2 is 1.90 bits per heavy atom. The van der Waals surface area contributed by atoms with E-state index in [2.05, 4.69) is 5.32 Å². The number of halogens is 1. The summed E-state index contributed by atoms with van der Waals surface area (Å²) in [5, 5.41) is 2.60. The van der Waals surface area contributed by atoms with E-state index < -0.39 is 20.7 Å². The van der Waals surface area contributed by atoms with Crippen LogP contribution in [0, 0.1) is 0 Å². The summed E-state index contributed by atoms with van der Waals surface area (Å²) in [4.78, 5) is 11.5. The first-order valence-corrected chi connectivity index (χ1v) is 8.50. The molecule has 0 aliphatic rings. The fourth-order valence-electron chi connectivity index (χ4n) is 1.52. The van der Waals surface area contributed by atoms with Crippen molar-refractivity contribution in [3.05, 3.63) is 35.4 Å². The van der Waals surface area contributed by atoms with Crippen molar-refractivity contribution in [2.75, 3.05) is 0 Å². The van der Waals surface area contributed by atoms with Crippen LogP contribution in [0.3, 0.4) is 0 Å². The van der Waals surface area contributed by atoms with E-state index in [9.17, 15) is 13.2 Å². The SMILES string of the molecule is CC(C)(C)OC(=O)NCc1cccc(CS(=O)(=O)Cl)c1. The number of alkyl carbamates (subject to hydrolysis) is 1. The minimum absolute atomic E-state index is 0.241. The summed E-state index contributed by atoms with van der Waals surface area (Å²) < 4.78 is 27.1. The highest BCUT2D eigenvalue weighted by atomic mass is 35.7. The topological polar surface area (TPSA) is 72.5 Å². The van der Waals surface area contributed by atoms with E-state index >= 15 is 0 Å². The molecule has 20 heavy (non-hydrogen) atoms. The van der Waals surface area contributed by atoms with Crippen molar-refractivity contribution in [3.8, 4) is 0 Å². The Morgan fingerprint density at radius 1 is 1.30 bits per heavy atom. The van der Waals surface area contributed by atoms with Gasteiger partial charge in [0.2, 0.25) is 9.05 Å². The Labute approximate surface area is 123 Å². The van der Waals surface area contributed by atoms with Crippen molar-refractivity contribution in [2.45, 2.75) is 38.7 Å². The molecule has 7 heteroatoms. The van der Waals surface area contributed by atoms with Gasteiger partial charge < -0.3 is 10.1 Å². The van der Waals surface area contributed by atoms with Crippen LogP contribution in [0.15, 0.2) is 24.3 Å². The fraction of sp³-hybridized carbons (Fsp3) is 0.462. The predicted octanol–water partition coefficient (Wildman–Crippen LogP) is 2.78.